The lowest BCUT2D eigenvalue weighted by Crippen LogP contribution is -2.22. The Morgan fingerprint density at radius 2 is 1.85 bits per heavy atom. The summed E-state index contributed by atoms with van der Waals surface area (Å²) in [7, 11) is 1.90. The summed E-state index contributed by atoms with van der Waals surface area (Å²) in [6.45, 7) is 0. The van der Waals surface area contributed by atoms with E-state index in [1.54, 1.807) is 12.4 Å². The fourth-order valence-corrected chi connectivity index (χ4v) is 2.20. The highest BCUT2D eigenvalue weighted by molar-refractivity contribution is 5.34. The first-order valence-electron chi connectivity index (χ1n) is 6.44. The molecule has 0 aliphatic heterocycles. The van der Waals surface area contributed by atoms with Crippen molar-refractivity contribution in [1.82, 2.24) is 25.3 Å². The van der Waals surface area contributed by atoms with Gasteiger partial charge in [0.2, 0.25) is 0 Å². The van der Waals surface area contributed by atoms with E-state index in [4.69, 9.17) is 0 Å². The summed E-state index contributed by atoms with van der Waals surface area (Å²) in [5.41, 5.74) is 2.88. The summed E-state index contributed by atoms with van der Waals surface area (Å²) in [6, 6.07) is 15.8. The largest absolute Gasteiger partial charge is 0.307 e. The molecular formula is C15H15N5. The van der Waals surface area contributed by atoms with Gasteiger partial charge in [-0.1, -0.05) is 29.5 Å². The van der Waals surface area contributed by atoms with Crippen molar-refractivity contribution in [1.29, 1.82) is 0 Å². The Kier molecular flexibility index (Phi) is 3.52. The van der Waals surface area contributed by atoms with Crippen LogP contribution in [0.15, 0.2) is 60.9 Å². The van der Waals surface area contributed by atoms with Gasteiger partial charge in [0.05, 0.1) is 29.3 Å². The maximum absolute atomic E-state index is 4.41. The normalized spacial score (nSPS) is 12.2. The Hall–Kier alpha value is -2.53. The number of nitrogens with zero attached hydrogens (tertiary/aromatic N) is 4. The number of benzene rings is 1. The van der Waals surface area contributed by atoms with E-state index in [0.29, 0.717) is 0 Å². The van der Waals surface area contributed by atoms with Crippen molar-refractivity contribution >= 4 is 0 Å². The van der Waals surface area contributed by atoms with E-state index < -0.39 is 0 Å². The first kappa shape index (κ1) is 12.5. The second-order valence-electron chi connectivity index (χ2n) is 4.38. The zero-order chi connectivity index (χ0) is 13.8. The van der Waals surface area contributed by atoms with Crippen LogP contribution in [0.4, 0.5) is 0 Å². The third kappa shape index (κ3) is 2.31. The molecule has 0 saturated carbocycles. The van der Waals surface area contributed by atoms with Crippen molar-refractivity contribution in [3.05, 3.63) is 72.3 Å². The Balaban J connectivity index is 2.04. The van der Waals surface area contributed by atoms with Gasteiger partial charge >= 0.3 is 0 Å². The van der Waals surface area contributed by atoms with E-state index in [0.717, 1.165) is 17.1 Å². The number of aromatic nitrogens is 4. The highest BCUT2D eigenvalue weighted by atomic mass is 15.4. The molecule has 3 rings (SSSR count). The van der Waals surface area contributed by atoms with Crippen LogP contribution in [0.25, 0.3) is 5.69 Å². The topological polar surface area (TPSA) is 55.6 Å². The summed E-state index contributed by atoms with van der Waals surface area (Å²) < 4.78 is 1.83. The molecule has 0 aliphatic rings. The molecule has 5 nitrogen and oxygen atoms in total. The Morgan fingerprint density at radius 1 is 1.05 bits per heavy atom. The predicted octanol–water partition coefficient (Wildman–Crippen LogP) is 1.97. The minimum Gasteiger partial charge on any atom is -0.307 e. The number of rotatable bonds is 4. The molecule has 20 heavy (non-hydrogen) atoms. The molecule has 1 aromatic carbocycles. The van der Waals surface area contributed by atoms with E-state index in [2.05, 4.69) is 20.6 Å². The van der Waals surface area contributed by atoms with E-state index in [1.807, 2.05) is 60.3 Å². The van der Waals surface area contributed by atoms with Crippen molar-refractivity contribution in [2.24, 2.45) is 0 Å². The van der Waals surface area contributed by atoms with Gasteiger partial charge in [0, 0.05) is 6.20 Å². The minimum absolute atomic E-state index is 0.0496. The van der Waals surface area contributed by atoms with Crippen LogP contribution in [0, 0.1) is 0 Å². The maximum atomic E-state index is 4.41. The molecule has 0 saturated heterocycles. The Morgan fingerprint density at radius 3 is 2.55 bits per heavy atom. The molecule has 0 bridgehead atoms. The second-order valence-corrected chi connectivity index (χ2v) is 4.38. The molecule has 0 amide bonds. The van der Waals surface area contributed by atoms with Crippen molar-refractivity contribution in [3.8, 4) is 5.69 Å². The SMILES string of the molecule is CNC(c1ccccn1)c1cnnn1-c1ccccc1. The van der Waals surface area contributed by atoms with Gasteiger partial charge in [-0.15, -0.1) is 5.10 Å². The van der Waals surface area contributed by atoms with Gasteiger partial charge in [-0.25, -0.2) is 4.68 Å². The van der Waals surface area contributed by atoms with Gasteiger partial charge in [-0.2, -0.15) is 0 Å². The van der Waals surface area contributed by atoms with Crippen LogP contribution < -0.4 is 5.32 Å². The van der Waals surface area contributed by atoms with E-state index in [1.165, 1.54) is 0 Å². The second kappa shape index (κ2) is 5.63. The molecule has 0 radical (unpaired) electrons. The molecule has 2 heterocycles. The standard InChI is InChI=1S/C15H15N5/c1-16-15(13-9-5-6-10-17-13)14-11-18-19-20(14)12-7-3-2-4-8-12/h2-11,15-16H,1H3. The smallest absolute Gasteiger partial charge is 0.0940 e. The summed E-state index contributed by atoms with van der Waals surface area (Å²) >= 11 is 0. The quantitative estimate of drug-likeness (QED) is 0.783. The van der Waals surface area contributed by atoms with Gasteiger partial charge < -0.3 is 5.32 Å². The molecule has 1 atom stereocenters. The zero-order valence-corrected chi connectivity index (χ0v) is 11.1. The lowest BCUT2D eigenvalue weighted by Gasteiger charge is -2.16. The van der Waals surface area contributed by atoms with Gasteiger partial charge in [0.15, 0.2) is 0 Å². The predicted molar refractivity (Wildman–Crippen MR) is 76.5 cm³/mol. The number of para-hydroxylation sites is 1. The number of pyridine rings is 1. The van der Waals surface area contributed by atoms with Crippen LogP contribution >= 0.6 is 0 Å². The zero-order valence-electron chi connectivity index (χ0n) is 11.1. The number of hydrogen-bond acceptors (Lipinski definition) is 4. The lowest BCUT2D eigenvalue weighted by atomic mass is 10.1. The first-order chi connectivity index (χ1) is 9.90. The third-order valence-corrected chi connectivity index (χ3v) is 3.14. The average molecular weight is 265 g/mol. The monoisotopic (exact) mass is 265 g/mol. The van der Waals surface area contributed by atoms with Crippen LogP contribution in [0.5, 0.6) is 0 Å². The fraction of sp³-hybridized carbons (Fsp3) is 0.133. The van der Waals surface area contributed by atoms with E-state index in [9.17, 15) is 0 Å². The summed E-state index contributed by atoms with van der Waals surface area (Å²) in [6.07, 6.45) is 3.55. The van der Waals surface area contributed by atoms with Crippen LogP contribution in [-0.2, 0) is 0 Å². The van der Waals surface area contributed by atoms with Crippen LogP contribution in [0.1, 0.15) is 17.4 Å². The molecular weight excluding hydrogens is 250 g/mol. The van der Waals surface area contributed by atoms with Crippen molar-refractivity contribution in [3.63, 3.8) is 0 Å². The van der Waals surface area contributed by atoms with Crippen molar-refractivity contribution < 1.29 is 0 Å². The molecule has 1 N–H and O–H groups in total. The molecule has 2 aromatic heterocycles. The first-order valence-corrected chi connectivity index (χ1v) is 6.44. The third-order valence-electron chi connectivity index (χ3n) is 3.14. The van der Waals surface area contributed by atoms with Gasteiger partial charge in [-0.05, 0) is 31.3 Å². The summed E-state index contributed by atoms with van der Waals surface area (Å²) in [5.74, 6) is 0. The lowest BCUT2D eigenvalue weighted by molar-refractivity contribution is 0.619. The molecule has 0 fully saturated rings. The summed E-state index contributed by atoms with van der Waals surface area (Å²) in [4.78, 5) is 4.41. The molecule has 100 valence electrons. The van der Waals surface area contributed by atoms with Crippen molar-refractivity contribution in [2.45, 2.75) is 6.04 Å². The van der Waals surface area contributed by atoms with Crippen LogP contribution in [0.2, 0.25) is 0 Å². The Labute approximate surface area is 117 Å². The minimum atomic E-state index is -0.0496. The van der Waals surface area contributed by atoms with Crippen LogP contribution in [-0.4, -0.2) is 27.0 Å². The van der Waals surface area contributed by atoms with Gasteiger partial charge in [0.25, 0.3) is 0 Å². The molecule has 5 heteroatoms. The summed E-state index contributed by atoms with van der Waals surface area (Å²) in [5, 5.41) is 11.5. The van der Waals surface area contributed by atoms with E-state index >= 15 is 0 Å². The van der Waals surface area contributed by atoms with E-state index in [-0.39, 0.29) is 6.04 Å². The average Bonchev–Trinajstić information content (AvgIpc) is 2.99. The van der Waals surface area contributed by atoms with Gasteiger partial charge in [-0.3, -0.25) is 4.98 Å². The highest BCUT2D eigenvalue weighted by Gasteiger charge is 2.19. The van der Waals surface area contributed by atoms with Crippen molar-refractivity contribution in [2.75, 3.05) is 7.05 Å². The maximum Gasteiger partial charge on any atom is 0.0940 e. The van der Waals surface area contributed by atoms with Crippen LogP contribution in [0.3, 0.4) is 0 Å². The highest BCUT2D eigenvalue weighted by Crippen LogP contribution is 2.21. The molecule has 0 spiro atoms. The molecule has 1 unspecified atom stereocenters. The number of nitrogens with one attached hydrogen (secondary N) is 1. The molecule has 3 aromatic rings. The Bertz CT molecular complexity index is 663. The van der Waals surface area contributed by atoms with Gasteiger partial charge in [0.1, 0.15) is 0 Å². The molecule has 0 aliphatic carbocycles. The number of hydrogen-bond donors (Lipinski definition) is 1. The fourth-order valence-electron chi connectivity index (χ4n) is 2.20.